The first kappa shape index (κ1) is 23.5. The van der Waals surface area contributed by atoms with Crippen molar-refractivity contribution in [2.45, 2.75) is 19.0 Å². The predicted octanol–water partition coefficient (Wildman–Crippen LogP) is 0.861. The van der Waals surface area contributed by atoms with Crippen LogP contribution in [0.1, 0.15) is 23.0 Å². The van der Waals surface area contributed by atoms with Gasteiger partial charge in [0, 0.05) is 38.3 Å². The zero-order valence-electron chi connectivity index (χ0n) is 18.4. The van der Waals surface area contributed by atoms with Crippen LogP contribution in [0.2, 0.25) is 0 Å². The van der Waals surface area contributed by atoms with E-state index in [1.165, 1.54) is 26.5 Å². The maximum Gasteiger partial charge on any atom is 0.278 e. The van der Waals surface area contributed by atoms with Gasteiger partial charge >= 0.3 is 0 Å². The third-order valence-corrected chi connectivity index (χ3v) is 5.79. The van der Waals surface area contributed by atoms with Crippen molar-refractivity contribution < 1.29 is 28.7 Å². The fourth-order valence-corrected chi connectivity index (χ4v) is 3.56. The van der Waals surface area contributed by atoms with Crippen molar-refractivity contribution in [2.75, 3.05) is 40.4 Å². The molecule has 172 valence electrons. The highest BCUT2D eigenvalue weighted by Crippen LogP contribution is 2.25. The second-order valence-electron chi connectivity index (χ2n) is 7.72. The van der Waals surface area contributed by atoms with Crippen molar-refractivity contribution in [3.05, 3.63) is 47.9 Å². The molecule has 3 rings (SSSR count). The Labute approximate surface area is 186 Å². The van der Waals surface area contributed by atoms with E-state index in [1.54, 1.807) is 30.5 Å². The Balaban J connectivity index is 1.74. The van der Waals surface area contributed by atoms with Crippen LogP contribution in [0.5, 0.6) is 0 Å². The van der Waals surface area contributed by atoms with E-state index in [0.717, 1.165) is 48.1 Å². The van der Waals surface area contributed by atoms with E-state index >= 15 is 0 Å². The highest BCUT2D eigenvalue weighted by atomic mass is 16.5. The molecule has 1 atom stereocenters. The van der Waals surface area contributed by atoms with Crippen molar-refractivity contribution >= 4 is 17.7 Å². The van der Waals surface area contributed by atoms with Crippen molar-refractivity contribution in [1.29, 1.82) is 0 Å². The summed E-state index contributed by atoms with van der Waals surface area (Å²) in [6, 6.07) is 8.74. The van der Waals surface area contributed by atoms with Crippen LogP contribution >= 0.6 is 0 Å². The predicted molar refractivity (Wildman–Crippen MR) is 115 cm³/mol. The number of furan rings is 1. The molecule has 1 aromatic carbocycles. The molecule has 10 nitrogen and oxygen atoms in total. The standard InChI is InChI=1S/C22H28N4O6/c1-22(20(28)23-2,21(29)24-30)25(3)19(27)16-6-4-15(5-7-16)17-12-18(32-14-17)13-26-8-10-31-11-9-26/h4-7,12,14,30H,8-11,13H2,1-3H3,(H,23,28)(H,24,29)/t22-/m0/s1. The number of hydroxylamine groups is 1. The lowest BCUT2D eigenvalue weighted by Crippen LogP contribution is -2.64. The summed E-state index contributed by atoms with van der Waals surface area (Å²) < 4.78 is 11.0. The summed E-state index contributed by atoms with van der Waals surface area (Å²) in [4.78, 5) is 40.7. The Morgan fingerprint density at radius 3 is 2.38 bits per heavy atom. The largest absolute Gasteiger partial charge is 0.467 e. The second kappa shape index (κ2) is 9.94. The third-order valence-electron chi connectivity index (χ3n) is 5.79. The highest BCUT2D eigenvalue weighted by Gasteiger charge is 2.47. The van der Waals surface area contributed by atoms with Crippen molar-refractivity contribution in [3.63, 3.8) is 0 Å². The zero-order valence-corrected chi connectivity index (χ0v) is 18.4. The summed E-state index contributed by atoms with van der Waals surface area (Å²) in [7, 11) is 2.67. The number of benzene rings is 1. The van der Waals surface area contributed by atoms with Crippen molar-refractivity contribution in [2.24, 2.45) is 0 Å². The smallest absolute Gasteiger partial charge is 0.278 e. The summed E-state index contributed by atoms with van der Waals surface area (Å²) in [5, 5.41) is 11.4. The van der Waals surface area contributed by atoms with E-state index in [9.17, 15) is 14.4 Å². The van der Waals surface area contributed by atoms with Crippen molar-refractivity contribution in [1.82, 2.24) is 20.6 Å². The number of likely N-dealkylation sites (N-methyl/N-ethyl adjacent to an activating group) is 2. The van der Waals surface area contributed by atoms with Gasteiger partial charge < -0.3 is 19.4 Å². The molecule has 2 aromatic rings. The monoisotopic (exact) mass is 444 g/mol. The first-order valence-corrected chi connectivity index (χ1v) is 10.2. The lowest BCUT2D eigenvalue weighted by atomic mass is 9.96. The number of hydrogen-bond acceptors (Lipinski definition) is 7. The average Bonchev–Trinajstić information content (AvgIpc) is 3.30. The van der Waals surface area contributed by atoms with E-state index in [4.69, 9.17) is 14.4 Å². The minimum atomic E-state index is -1.93. The quantitative estimate of drug-likeness (QED) is 0.329. The molecule has 32 heavy (non-hydrogen) atoms. The Bertz CT molecular complexity index is 949. The van der Waals surface area contributed by atoms with E-state index in [-0.39, 0.29) is 5.56 Å². The van der Waals surface area contributed by atoms with Crippen LogP contribution in [0, 0.1) is 0 Å². The summed E-state index contributed by atoms with van der Waals surface area (Å²) in [5.41, 5.74) is 1.56. The molecule has 0 unspecified atom stereocenters. The number of hydrogen-bond donors (Lipinski definition) is 3. The molecule has 3 amide bonds. The van der Waals surface area contributed by atoms with Crippen LogP contribution in [0.3, 0.4) is 0 Å². The Morgan fingerprint density at radius 2 is 1.78 bits per heavy atom. The third kappa shape index (κ3) is 4.67. The lowest BCUT2D eigenvalue weighted by molar-refractivity contribution is -0.148. The van der Waals surface area contributed by atoms with Gasteiger partial charge in [0.15, 0.2) is 5.54 Å². The van der Waals surface area contributed by atoms with Crippen LogP contribution in [0.25, 0.3) is 11.1 Å². The molecule has 1 fully saturated rings. The molecular formula is C22H28N4O6. The minimum Gasteiger partial charge on any atom is -0.467 e. The van der Waals surface area contributed by atoms with Gasteiger partial charge in [-0.1, -0.05) is 12.1 Å². The summed E-state index contributed by atoms with van der Waals surface area (Å²) in [6.07, 6.45) is 1.67. The maximum absolute atomic E-state index is 13.0. The Kier molecular flexibility index (Phi) is 7.29. The molecule has 0 bridgehead atoms. The van der Waals surface area contributed by atoms with Gasteiger partial charge in [-0.3, -0.25) is 24.5 Å². The second-order valence-corrected chi connectivity index (χ2v) is 7.72. The fraction of sp³-hybridized carbons (Fsp3) is 0.409. The van der Waals surface area contributed by atoms with Gasteiger partial charge in [-0.05, 0) is 30.7 Å². The van der Waals surface area contributed by atoms with Gasteiger partial charge in [-0.15, -0.1) is 0 Å². The normalized spacial score (nSPS) is 16.1. The van der Waals surface area contributed by atoms with Crippen LogP contribution in [-0.2, 0) is 20.9 Å². The number of morpholine rings is 1. The molecule has 0 saturated carbocycles. The topological polar surface area (TPSA) is 124 Å². The molecule has 1 aliphatic rings. The van der Waals surface area contributed by atoms with Crippen LogP contribution in [0.4, 0.5) is 0 Å². The number of amides is 3. The van der Waals surface area contributed by atoms with Gasteiger partial charge in [0.2, 0.25) is 0 Å². The molecule has 3 N–H and O–H groups in total. The molecule has 1 saturated heterocycles. The highest BCUT2D eigenvalue weighted by molar-refractivity contribution is 6.12. The number of carbonyl (C=O) groups is 3. The summed E-state index contributed by atoms with van der Waals surface area (Å²) >= 11 is 0. The molecule has 2 heterocycles. The molecule has 0 spiro atoms. The molecule has 1 aromatic heterocycles. The molecule has 0 radical (unpaired) electrons. The molecular weight excluding hydrogens is 416 g/mol. The number of carbonyl (C=O) groups excluding carboxylic acids is 3. The first-order valence-electron chi connectivity index (χ1n) is 10.2. The van der Waals surface area contributed by atoms with E-state index < -0.39 is 23.3 Å². The number of nitrogens with one attached hydrogen (secondary N) is 2. The van der Waals surface area contributed by atoms with E-state index in [0.29, 0.717) is 6.54 Å². The lowest BCUT2D eigenvalue weighted by Gasteiger charge is -2.34. The number of ether oxygens (including phenoxy) is 1. The molecule has 0 aliphatic carbocycles. The minimum absolute atomic E-state index is 0.286. The van der Waals surface area contributed by atoms with Gasteiger partial charge in [0.1, 0.15) is 5.76 Å². The van der Waals surface area contributed by atoms with E-state index in [1.807, 2.05) is 6.07 Å². The first-order chi connectivity index (χ1) is 15.3. The number of nitrogens with zero attached hydrogens (tertiary/aromatic N) is 2. The summed E-state index contributed by atoms with van der Waals surface area (Å²) in [6.45, 7) is 5.13. The van der Waals surface area contributed by atoms with Gasteiger partial charge in [-0.2, -0.15) is 0 Å². The number of rotatable bonds is 7. The van der Waals surface area contributed by atoms with E-state index in [2.05, 4.69) is 10.2 Å². The van der Waals surface area contributed by atoms with Gasteiger partial charge in [0.05, 0.1) is 26.0 Å². The molecule has 1 aliphatic heterocycles. The van der Waals surface area contributed by atoms with Crippen LogP contribution < -0.4 is 10.8 Å². The fourth-order valence-electron chi connectivity index (χ4n) is 3.56. The Hall–Kier alpha value is -3.21. The summed E-state index contributed by atoms with van der Waals surface area (Å²) in [5.74, 6) is -1.46. The van der Waals surface area contributed by atoms with Gasteiger partial charge in [0.25, 0.3) is 17.7 Å². The van der Waals surface area contributed by atoms with Crippen LogP contribution in [0.15, 0.2) is 41.0 Å². The Morgan fingerprint density at radius 1 is 1.12 bits per heavy atom. The maximum atomic E-state index is 13.0. The average molecular weight is 444 g/mol. The zero-order chi connectivity index (χ0) is 23.3. The van der Waals surface area contributed by atoms with Crippen molar-refractivity contribution in [3.8, 4) is 11.1 Å². The SMILES string of the molecule is CNC(=O)[C@@](C)(C(=O)NO)N(C)C(=O)c1ccc(-c2coc(CN3CCOCC3)c2)cc1. The van der Waals surface area contributed by atoms with Crippen LogP contribution in [-0.4, -0.2) is 78.7 Å². The van der Waals surface area contributed by atoms with Gasteiger partial charge in [-0.25, -0.2) is 5.48 Å². The molecule has 10 heteroatoms.